The number of rotatable bonds is 3. The number of aromatic nitrogens is 1. The fourth-order valence-electron chi connectivity index (χ4n) is 2.31. The molecule has 1 aliphatic carbocycles. The van der Waals surface area contributed by atoms with Crippen molar-refractivity contribution in [1.82, 2.24) is 10.3 Å². The second kappa shape index (κ2) is 4.97. The van der Waals surface area contributed by atoms with Gasteiger partial charge in [-0.1, -0.05) is 13.8 Å². The fourth-order valence-corrected chi connectivity index (χ4v) is 2.74. The molecule has 1 amide bonds. The van der Waals surface area contributed by atoms with Gasteiger partial charge in [-0.2, -0.15) is 0 Å². The SMILES string of the molecule is COC1CC(NC(=O)c2ncccc2Br)C1(C)C. The minimum atomic E-state index is -0.143. The van der Waals surface area contributed by atoms with Gasteiger partial charge in [0.15, 0.2) is 0 Å². The van der Waals surface area contributed by atoms with Crippen molar-refractivity contribution in [3.8, 4) is 0 Å². The smallest absolute Gasteiger partial charge is 0.271 e. The zero-order valence-corrected chi connectivity index (χ0v) is 12.3. The minimum absolute atomic E-state index is 0.0360. The molecule has 1 aliphatic rings. The Labute approximate surface area is 115 Å². The summed E-state index contributed by atoms with van der Waals surface area (Å²) in [6.45, 7) is 4.20. The van der Waals surface area contributed by atoms with E-state index in [0.29, 0.717) is 10.2 Å². The van der Waals surface area contributed by atoms with E-state index >= 15 is 0 Å². The van der Waals surface area contributed by atoms with Gasteiger partial charge in [0.25, 0.3) is 5.91 Å². The summed E-state index contributed by atoms with van der Waals surface area (Å²) in [6.07, 6.45) is 2.67. The van der Waals surface area contributed by atoms with Gasteiger partial charge in [0.05, 0.1) is 6.10 Å². The number of nitrogens with zero attached hydrogens (tertiary/aromatic N) is 1. The van der Waals surface area contributed by atoms with E-state index < -0.39 is 0 Å². The van der Waals surface area contributed by atoms with Crippen LogP contribution >= 0.6 is 15.9 Å². The van der Waals surface area contributed by atoms with E-state index in [0.717, 1.165) is 6.42 Å². The van der Waals surface area contributed by atoms with E-state index in [1.807, 2.05) is 6.07 Å². The summed E-state index contributed by atoms with van der Waals surface area (Å²) >= 11 is 3.33. The van der Waals surface area contributed by atoms with Crippen LogP contribution in [-0.2, 0) is 4.74 Å². The average Bonchev–Trinajstić information content (AvgIpc) is 2.34. The van der Waals surface area contributed by atoms with Crippen LogP contribution in [0.3, 0.4) is 0 Å². The van der Waals surface area contributed by atoms with Crippen molar-refractivity contribution in [3.05, 3.63) is 28.5 Å². The molecule has 0 aliphatic heterocycles. The molecule has 1 saturated carbocycles. The largest absolute Gasteiger partial charge is 0.381 e. The molecule has 1 fully saturated rings. The molecule has 0 saturated heterocycles. The molecule has 0 spiro atoms. The number of carbonyl (C=O) groups is 1. The Morgan fingerprint density at radius 1 is 1.61 bits per heavy atom. The molecule has 1 heterocycles. The molecule has 2 rings (SSSR count). The van der Waals surface area contributed by atoms with Crippen molar-refractivity contribution in [1.29, 1.82) is 0 Å². The first-order valence-electron chi connectivity index (χ1n) is 5.91. The number of nitrogens with one attached hydrogen (secondary N) is 1. The Kier molecular flexibility index (Phi) is 3.73. The third-order valence-corrected chi connectivity index (χ3v) is 4.38. The van der Waals surface area contributed by atoms with E-state index in [1.54, 1.807) is 19.4 Å². The minimum Gasteiger partial charge on any atom is -0.381 e. The third-order valence-electron chi connectivity index (χ3n) is 3.74. The highest BCUT2D eigenvalue weighted by molar-refractivity contribution is 9.10. The normalized spacial score (nSPS) is 25.3. The topological polar surface area (TPSA) is 51.2 Å². The summed E-state index contributed by atoms with van der Waals surface area (Å²) in [5.41, 5.74) is 0.389. The quantitative estimate of drug-likeness (QED) is 0.932. The van der Waals surface area contributed by atoms with Crippen LogP contribution < -0.4 is 5.32 Å². The van der Waals surface area contributed by atoms with Crippen molar-refractivity contribution in [3.63, 3.8) is 0 Å². The molecular formula is C13H17BrN2O2. The number of pyridine rings is 1. The van der Waals surface area contributed by atoms with E-state index in [4.69, 9.17) is 4.74 Å². The lowest BCUT2D eigenvalue weighted by Crippen LogP contribution is -2.61. The maximum atomic E-state index is 12.1. The van der Waals surface area contributed by atoms with Crippen LogP contribution in [0.4, 0.5) is 0 Å². The lowest BCUT2D eigenvalue weighted by molar-refractivity contribution is -0.0942. The molecule has 18 heavy (non-hydrogen) atoms. The Bertz CT molecular complexity index is 462. The highest BCUT2D eigenvalue weighted by atomic mass is 79.9. The van der Waals surface area contributed by atoms with Crippen LogP contribution in [-0.4, -0.2) is 30.1 Å². The Morgan fingerprint density at radius 2 is 2.33 bits per heavy atom. The van der Waals surface area contributed by atoms with Crippen LogP contribution in [0.5, 0.6) is 0 Å². The monoisotopic (exact) mass is 312 g/mol. The van der Waals surface area contributed by atoms with Crippen molar-refractivity contribution < 1.29 is 9.53 Å². The second-order valence-corrected chi connectivity index (χ2v) is 6.00. The van der Waals surface area contributed by atoms with Gasteiger partial charge in [-0.3, -0.25) is 4.79 Å². The number of methoxy groups -OCH3 is 1. The van der Waals surface area contributed by atoms with Gasteiger partial charge >= 0.3 is 0 Å². The highest BCUT2D eigenvalue weighted by Gasteiger charge is 2.49. The first-order chi connectivity index (χ1) is 8.46. The van der Waals surface area contributed by atoms with E-state index in [-0.39, 0.29) is 23.5 Å². The predicted molar refractivity (Wildman–Crippen MR) is 72.4 cm³/mol. The number of carbonyl (C=O) groups excluding carboxylic acids is 1. The summed E-state index contributed by atoms with van der Waals surface area (Å²) in [5, 5.41) is 3.02. The number of halogens is 1. The van der Waals surface area contributed by atoms with Crippen molar-refractivity contribution in [2.75, 3.05) is 7.11 Å². The van der Waals surface area contributed by atoms with Crippen LogP contribution in [0.15, 0.2) is 22.8 Å². The lowest BCUT2D eigenvalue weighted by Gasteiger charge is -2.51. The first-order valence-corrected chi connectivity index (χ1v) is 6.70. The van der Waals surface area contributed by atoms with Gasteiger partial charge in [-0.05, 0) is 34.5 Å². The summed E-state index contributed by atoms with van der Waals surface area (Å²) in [5.74, 6) is -0.143. The molecule has 1 aromatic rings. The van der Waals surface area contributed by atoms with Gasteiger partial charge in [0.1, 0.15) is 5.69 Å². The second-order valence-electron chi connectivity index (χ2n) is 5.14. The Hall–Kier alpha value is -0.940. The van der Waals surface area contributed by atoms with Gasteiger partial charge < -0.3 is 10.1 Å². The molecule has 5 heteroatoms. The first kappa shape index (κ1) is 13.5. The molecule has 0 aromatic carbocycles. The van der Waals surface area contributed by atoms with Gasteiger partial charge in [0, 0.05) is 29.2 Å². The van der Waals surface area contributed by atoms with E-state index in [1.165, 1.54) is 0 Å². The Balaban J connectivity index is 2.04. The van der Waals surface area contributed by atoms with Gasteiger partial charge in [-0.25, -0.2) is 4.98 Å². The summed E-state index contributed by atoms with van der Waals surface area (Å²) in [4.78, 5) is 16.2. The molecule has 1 N–H and O–H groups in total. The van der Waals surface area contributed by atoms with Crippen molar-refractivity contribution in [2.45, 2.75) is 32.4 Å². The summed E-state index contributed by atoms with van der Waals surface area (Å²) < 4.78 is 6.08. The van der Waals surface area contributed by atoms with Gasteiger partial charge in [-0.15, -0.1) is 0 Å². The fraction of sp³-hybridized carbons (Fsp3) is 0.538. The zero-order valence-electron chi connectivity index (χ0n) is 10.7. The lowest BCUT2D eigenvalue weighted by atomic mass is 9.64. The number of hydrogen-bond donors (Lipinski definition) is 1. The molecule has 1 aromatic heterocycles. The van der Waals surface area contributed by atoms with Crippen LogP contribution in [0, 0.1) is 5.41 Å². The number of ether oxygens (including phenoxy) is 1. The van der Waals surface area contributed by atoms with E-state index in [2.05, 4.69) is 40.1 Å². The average molecular weight is 313 g/mol. The molecule has 4 nitrogen and oxygen atoms in total. The molecule has 2 atom stereocenters. The van der Waals surface area contributed by atoms with Crippen LogP contribution in [0.1, 0.15) is 30.8 Å². The molecule has 2 unspecified atom stereocenters. The third kappa shape index (κ3) is 2.29. The summed E-state index contributed by atoms with van der Waals surface area (Å²) in [6, 6.07) is 3.73. The van der Waals surface area contributed by atoms with Crippen LogP contribution in [0.2, 0.25) is 0 Å². The van der Waals surface area contributed by atoms with Crippen molar-refractivity contribution in [2.24, 2.45) is 5.41 Å². The summed E-state index contributed by atoms with van der Waals surface area (Å²) in [7, 11) is 1.71. The Morgan fingerprint density at radius 3 is 2.89 bits per heavy atom. The van der Waals surface area contributed by atoms with Gasteiger partial charge in [0.2, 0.25) is 0 Å². The molecular weight excluding hydrogens is 296 g/mol. The highest BCUT2D eigenvalue weighted by Crippen LogP contribution is 2.42. The van der Waals surface area contributed by atoms with Crippen LogP contribution in [0.25, 0.3) is 0 Å². The van der Waals surface area contributed by atoms with Crippen molar-refractivity contribution >= 4 is 21.8 Å². The molecule has 98 valence electrons. The molecule has 0 radical (unpaired) electrons. The predicted octanol–water partition coefficient (Wildman–Crippen LogP) is 2.39. The molecule has 0 bridgehead atoms. The van der Waals surface area contributed by atoms with E-state index in [9.17, 15) is 4.79 Å². The maximum Gasteiger partial charge on any atom is 0.271 e. The standard InChI is InChI=1S/C13H17BrN2O2/c1-13(2)9(7-10(13)18-3)16-12(17)11-8(14)5-4-6-15-11/h4-6,9-10H,7H2,1-3H3,(H,16,17). The zero-order chi connectivity index (χ0) is 13.3. The maximum absolute atomic E-state index is 12.1. The number of amides is 1. The number of hydrogen-bond acceptors (Lipinski definition) is 3.